The van der Waals surface area contributed by atoms with E-state index in [4.69, 9.17) is 10.5 Å². The Balaban J connectivity index is 2.96. The second-order valence-corrected chi connectivity index (χ2v) is 4.53. The van der Waals surface area contributed by atoms with Gasteiger partial charge >= 0.3 is 0 Å². The number of rotatable bonds is 7. The molecule has 0 atom stereocenters. The van der Waals surface area contributed by atoms with Crippen LogP contribution in [0.5, 0.6) is 0 Å². The summed E-state index contributed by atoms with van der Waals surface area (Å²) >= 11 is 0. The Hall–Kier alpha value is -1.56. The zero-order valence-corrected chi connectivity index (χ0v) is 12.2. The zero-order chi connectivity index (χ0) is 14.4. The summed E-state index contributed by atoms with van der Waals surface area (Å²) in [6, 6.07) is 0.197. The molecule has 0 unspecified atom stereocenters. The molecular formula is C13H24N4O2. The number of nitrogens with zero attached hydrogens (tertiary/aromatic N) is 3. The maximum Gasteiger partial charge on any atom is 0.259 e. The van der Waals surface area contributed by atoms with Gasteiger partial charge in [-0.1, -0.05) is 13.8 Å². The number of aryl methyl sites for hydroxylation is 1. The molecule has 108 valence electrons. The highest BCUT2D eigenvalue weighted by Crippen LogP contribution is 2.17. The predicted molar refractivity (Wildman–Crippen MR) is 74.9 cm³/mol. The fourth-order valence-electron chi connectivity index (χ4n) is 2.14. The summed E-state index contributed by atoms with van der Waals surface area (Å²) in [5.74, 6) is 0.328. The summed E-state index contributed by atoms with van der Waals surface area (Å²) in [4.78, 5) is 14.4. The molecule has 0 aromatic carbocycles. The summed E-state index contributed by atoms with van der Waals surface area (Å²) in [6.45, 7) is 5.24. The fraction of sp³-hybridized carbons (Fsp3) is 0.692. The van der Waals surface area contributed by atoms with E-state index in [1.807, 2.05) is 4.90 Å². The second-order valence-electron chi connectivity index (χ2n) is 4.53. The zero-order valence-electron chi connectivity index (χ0n) is 12.2. The smallest absolute Gasteiger partial charge is 0.259 e. The van der Waals surface area contributed by atoms with Crippen LogP contribution in [0.3, 0.4) is 0 Å². The largest absolute Gasteiger partial charge is 0.383 e. The molecule has 0 spiro atoms. The van der Waals surface area contributed by atoms with Crippen molar-refractivity contribution in [3.8, 4) is 0 Å². The van der Waals surface area contributed by atoms with E-state index in [9.17, 15) is 4.79 Å². The van der Waals surface area contributed by atoms with Gasteiger partial charge in [0.05, 0.1) is 12.8 Å². The number of methoxy groups -OCH3 is 1. The molecule has 1 aromatic heterocycles. The third kappa shape index (κ3) is 3.47. The average molecular weight is 268 g/mol. The molecule has 19 heavy (non-hydrogen) atoms. The van der Waals surface area contributed by atoms with Gasteiger partial charge in [0.1, 0.15) is 11.4 Å². The highest BCUT2D eigenvalue weighted by Gasteiger charge is 2.25. The minimum Gasteiger partial charge on any atom is -0.383 e. The molecule has 1 amide bonds. The van der Waals surface area contributed by atoms with Gasteiger partial charge in [0.2, 0.25) is 0 Å². The van der Waals surface area contributed by atoms with Crippen molar-refractivity contribution in [2.45, 2.75) is 32.7 Å². The number of amides is 1. The molecule has 0 saturated heterocycles. The van der Waals surface area contributed by atoms with E-state index in [2.05, 4.69) is 18.9 Å². The third-order valence-electron chi connectivity index (χ3n) is 3.40. The Morgan fingerprint density at radius 2 is 2.16 bits per heavy atom. The van der Waals surface area contributed by atoms with Crippen molar-refractivity contribution in [3.63, 3.8) is 0 Å². The van der Waals surface area contributed by atoms with Crippen molar-refractivity contribution in [3.05, 3.63) is 11.8 Å². The van der Waals surface area contributed by atoms with E-state index in [1.54, 1.807) is 14.2 Å². The monoisotopic (exact) mass is 268 g/mol. The fourth-order valence-corrected chi connectivity index (χ4v) is 2.14. The Morgan fingerprint density at radius 3 is 2.58 bits per heavy atom. The van der Waals surface area contributed by atoms with E-state index in [0.717, 1.165) is 12.8 Å². The van der Waals surface area contributed by atoms with Crippen LogP contribution < -0.4 is 5.73 Å². The van der Waals surface area contributed by atoms with Crippen LogP contribution in [0.1, 0.15) is 37.0 Å². The molecule has 0 aliphatic heterocycles. The Labute approximate surface area is 114 Å². The van der Waals surface area contributed by atoms with Crippen molar-refractivity contribution in [2.24, 2.45) is 7.05 Å². The molecule has 0 radical (unpaired) electrons. The Bertz CT molecular complexity index is 413. The number of hydrogen-bond donors (Lipinski definition) is 1. The lowest BCUT2D eigenvalue weighted by atomic mass is 10.1. The first-order valence-electron chi connectivity index (χ1n) is 6.64. The molecule has 0 fully saturated rings. The lowest BCUT2D eigenvalue weighted by Crippen LogP contribution is -2.42. The van der Waals surface area contributed by atoms with Crippen molar-refractivity contribution in [1.29, 1.82) is 0 Å². The van der Waals surface area contributed by atoms with Gasteiger partial charge in [0.15, 0.2) is 0 Å². The second kappa shape index (κ2) is 7.13. The van der Waals surface area contributed by atoms with Crippen LogP contribution in [-0.4, -0.2) is 46.9 Å². The van der Waals surface area contributed by atoms with E-state index in [1.165, 1.54) is 10.9 Å². The first-order chi connectivity index (χ1) is 9.06. The number of nitrogens with two attached hydrogens (primary N) is 1. The summed E-state index contributed by atoms with van der Waals surface area (Å²) < 4.78 is 6.60. The molecule has 6 heteroatoms. The minimum atomic E-state index is -0.0728. The van der Waals surface area contributed by atoms with Crippen molar-refractivity contribution in [2.75, 3.05) is 26.0 Å². The lowest BCUT2D eigenvalue weighted by Gasteiger charge is -2.30. The highest BCUT2D eigenvalue weighted by molar-refractivity contribution is 5.98. The van der Waals surface area contributed by atoms with Crippen LogP contribution in [0.2, 0.25) is 0 Å². The van der Waals surface area contributed by atoms with Crippen LogP contribution in [0.25, 0.3) is 0 Å². The van der Waals surface area contributed by atoms with Crippen LogP contribution >= 0.6 is 0 Å². The molecule has 0 aliphatic carbocycles. The summed E-state index contributed by atoms with van der Waals surface area (Å²) in [5.41, 5.74) is 6.34. The average Bonchev–Trinajstić information content (AvgIpc) is 2.74. The van der Waals surface area contributed by atoms with Gasteiger partial charge < -0.3 is 15.4 Å². The molecule has 0 bridgehead atoms. The SMILES string of the molecule is CCC(CC)N(CCOC)C(=O)c1cnn(C)c1N. The number of aromatic nitrogens is 2. The maximum atomic E-state index is 12.6. The first-order valence-corrected chi connectivity index (χ1v) is 6.64. The van der Waals surface area contributed by atoms with Gasteiger partial charge in [-0.3, -0.25) is 9.48 Å². The van der Waals surface area contributed by atoms with Gasteiger partial charge in [-0.25, -0.2) is 0 Å². The molecule has 1 rings (SSSR count). The molecule has 6 nitrogen and oxygen atoms in total. The Morgan fingerprint density at radius 1 is 1.53 bits per heavy atom. The number of carbonyl (C=O) groups is 1. The first kappa shape index (κ1) is 15.5. The quantitative estimate of drug-likeness (QED) is 0.808. The van der Waals surface area contributed by atoms with Crippen LogP contribution in [-0.2, 0) is 11.8 Å². The van der Waals surface area contributed by atoms with E-state index >= 15 is 0 Å². The summed E-state index contributed by atoms with van der Waals surface area (Å²) in [7, 11) is 3.36. The van der Waals surface area contributed by atoms with Gasteiger partial charge in [0, 0.05) is 26.7 Å². The highest BCUT2D eigenvalue weighted by atomic mass is 16.5. The van der Waals surface area contributed by atoms with Crippen molar-refractivity contribution in [1.82, 2.24) is 14.7 Å². The molecule has 0 aliphatic rings. The number of anilines is 1. The van der Waals surface area contributed by atoms with Gasteiger partial charge in [0.25, 0.3) is 5.91 Å². The topological polar surface area (TPSA) is 73.4 Å². The number of ether oxygens (including phenoxy) is 1. The van der Waals surface area contributed by atoms with E-state index in [0.29, 0.717) is 24.5 Å². The van der Waals surface area contributed by atoms with Crippen molar-refractivity contribution >= 4 is 11.7 Å². The number of nitrogen functional groups attached to an aromatic ring is 1. The van der Waals surface area contributed by atoms with Crippen molar-refractivity contribution < 1.29 is 9.53 Å². The normalized spacial score (nSPS) is 11.0. The molecule has 0 saturated carbocycles. The number of hydrogen-bond acceptors (Lipinski definition) is 4. The van der Waals surface area contributed by atoms with E-state index in [-0.39, 0.29) is 11.9 Å². The lowest BCUT2D eigenvalue weighted by molar-refractivity contribution is 0.0590. The van der Waals surface area contributed by atoms with Gasteiger partial charge in [-0.15, -0.1) is 0 Å². The van der Waals surface area contributed by atoms with Crippen LogP contribution in [0, 0.1) is 0 Å². The maximum absolute atomic E-state index is 12.6. The van der Waals surface area contributed by atoms with Crippen LogP contribution in [0.15, 0.2) is 6.20 Å². The third-order valence-corrected chi connectivity index (χ3v) is 3.40. The van der Waals surface area contributed by atoms with Gasteiger partial charge in [-0.05, 0) is 12.8 Å². The van der Waals surface area contributed by atoms with Gasteiger partial charge in [-0.2, -0.15) is 5.10 Å². The van der Waals surface area contributed by atoms with E-state index < -0.39 is 0 Å². The predicted octanol–water partition coefficient (Wildman–Crippen LogP) is 1.28. The molecule has 2 N–H and O–H groups in total. The van der Waals surface area contributed by atoms with Crippen LogP contribution in [0.4, 0.5) is 5.82 Å². The Kier molecular flexibility index (Phi) is 5.82. The molecule has 1 heterocycles. The molecular weight excluding hydrogens is 244 g/mol. The summed E-state index contributed by atoms with van der Waals surface area (Å²) in [6.07, 6.45) is 3.35. The molecule has 1 aromatic rings. The minimum absolute atomic E-state index is 0.0728. The standard InChI is InChI=1S/C13H24N4O2/c1-5-10(6-2)17(7-8-19-4)13(18)11-9-15-16(3)12(11)14/h9-10H,5-8,14H2,1-4H3. The summed E-state index contributed by atoms with van der Waals surface area (Å²) in [5, 5.41) is 4.02. The number of carbonyl (C=O) groups excluding carboxylic acids is 1.